The summed E-state index contributed by atoms with van der Waals surface area (Å²) in [5.74, 6) is -0.884. The molecule has 0 saturated carbocycles. The Hall–Kier alpha value is -1.07. The van der Waals surface area contributed by atoms with Crippen molar-refractivity contribution in [2.24, 2.45) is 0 Å². The zero-order valence-electron chi connectivity index (χ0n) is 13.6. The average molecular weight is 370 g/mol. The van der Waals surface area contributed by atoms with Crippen LogP contribution in [0.1, 0.15) is 49.5 Å². The summed E-state index contributed by atoms with van der Waals surface area (Å²) in [4.78, 5) is 13.8. The molecule has 22 heavy (non-hydrogen) atoms. The lowest BCUT2D eigenvalue weighted by Gasteiger charge is -2.41. The molecule has 1 aromatic carbocycles. The first-order valence-electron chi connectivity index (χ1n) is 7.79. The number of rotatable bonds is 4. The molecule has 4 nitrogen and oxygen atoms in total. The van der Waals surface area contributed by atoms with Crippen molar-refractivity contribution in [3.05, 3.63) is 27.7 Å². The van der Waals surface area contributed by atoms with E-state index in [9.17, 15) is 9.90 Å². The van der Waals surface area contributed by atoms with E-state index in [1.54, 1.807) is 6.07 Å². The predicted octanol–water partition coefficient (Wildman–Crippen LogP) is 4.24. The van der Waals surface area contributed by atoms with E-state index in [-0.39, 0.29) is 12.2 Å². The molecule has 1 aliphatic heterocycles. The molecule has 1 aromatic rings. The van der Waals surface area contributed by atoms with Gasteiger partial charge in [0.2, 0.25) is 0 Å². The van der Waals surface area contributed by atoms with Gasteiger partial charge in [0, 0.05) is 22.7 Å². The molecule has 0 aliphatic carbocycles. The van der Waals surface area contributed by atoms with Crippen molar-refractivity contribution in [2.45, 2.75) is 58.8 Å². The molecule has 0 amide bonds. The monoisotopic (exact) mass is 369 g/mol. The van der Waals surface area contributed by atoms with Gasteiger partial charge >= 0.3 is 5.97 Å². The molecule has 122 valence electrons. The number of anilines is 1. The van der Waals surface area contributed by atoms with Crippen molar-refractivity contribution in [3.63, 3.8) is 0 Å². The van der Waals surface area contributed by atoms with Gasteiger partial charge in [-0.25, -0.2) is 4.79 Å². The van der Waals surface area contributed by atoms with E-state index >= 15 is 0 Å². The molecule has 0 spiro atoms. The lowest BCUT2D eigenvalue weighted by atomic mass is 9.96. The Labute approximate surface area is 140 Å². The number of ether oxygens (including phenoxy) is 1. The summed E-state index contributed by atoms with van der Waals surface area (Å²) in [6, 6.07) is 4.07. The van der Waals surface area contributed by atoms with Crippen LogP contribution in [-0.4, -0.2) is 35.9 Å². The summed E-state index contributed by atoms with van der Waals surface area (Å²) in [6.07, 6.45) is 2.39. The molecule has 2 rings (SSSR count). The number of halogens is 1. The van der Waals surface area contributed by atoms with E-state index in [2.05, 4.69) is 41.6 Å². The summed E-state index contributed by atoms with van der Waals surface area (Å²) >= 11 is 3.45. The van der Waals surface area contributed by atoms with Crippen LogP contribution in [0.3, 0.4) is 0 Å². The number of carbonyl (C=O) groups is 1. The molecule has 1 saturated heterocycles. The number of carboxylic acids is 1. The Morgan fingerprint density at radius 2 is 1.95 bits per heavy atom. The van der Waals surface area contributed by atoms with Crippen LogP contribution in [0.15, 0.2) is 16.6 Å². The van der Waals surface area contributed by atoms with Crippen LogP contribution < -0.4 is 4.90 Å². The van der Waals surface area contributed by atoms with Gasteiger partial charge in [-0.3, -0.25) is 0 Å². The topological polar surface area (TPSA) is 49.8 Å². The summed E-state index contributed by atoms with van der Waals surface area (Å²) in [5, 5.41) is 9.40. The van der Waals surface area contributed by atoms with Crippen LogP contribution in [-0.2, 0) is 4.74 Å². The predicted molar refractivity (Wildman–Crippen MR) is 91.9 cm³/mol. The fraction of sp³-hybridized carbons (Fsp3) is 0.588. The Bertz CT molecular complexity index is 551. The minimum atomic E-state index is -0.884. The number of hydrogen-bond donors (Lipinski definition) is 1. The van der Waals surface area contributed by atoms with Gasteiger partial charge in [-0.05, 0) is 58.2 Å². The molecule has 0 bridgehead atoms. The van der Waals surface area contributed by atoms with Gasteiger partial charge in [0.05, 0.1) is 17.8 Å². The minimum absolute atomic E-state index is 0.231. The molecule has 0 aromatic heterocycles. The molecule has 2 unspecified atom stereocenters. The van der Waals surface area contributed by atoms with Crippen molar-refractivity contribution < 1.29 is 14.6 Å². The highest BCUT2D eigenvalue weighted by Gasteiger charge is 2.30. The third kappa shape index (κ3) is 3.63. The van der Waals surface area contributed by atoms with E-state index in [0.29, 0.717) is 11.6 Å². The number of hydrogen-bond acceptors (Lipinski definition) is 3. The molecule has 2 atom stereocenters. The highest BCUT2D eigenvalue weighted by Crippen LogP contribution is 2.33. The molecule has 5 heteroatoms. The van der Waals surface area contributed by atoms with E-state index in [0.717, 1.165) is 35.1 Å². The third-order valence-electron chi connectivity index (χ3n) is 4.34. The first kappa shape index (κ1) is 17.3. The fourth-order valence-electron chi connectivity index (χ4n) is 3.44. The normalized spacial score (nSPS) is 25.0. The van der Waals surface area contributed by atoms with E-state index in [1.807, 2.05) is 13.0 Å². The Kier molecular flexibility index (Phi) is 5.50. The van der Waals surface area contributed by atoms with Gasteiger partial charge in [-0.1, -0.05) is 15.9 Å². The lowest BCUT2D eigenvalue weighted by Crippen LogP contribution is -2.44. The summed E-state index contributed by atoms with van der Waals surface area (Å²) in [6.45, 7) is 9.06. The van der Waals surface area contributed by atoms with Crippen molar-refractivity contribution >= 4 is 27.6 Å². The van der Waals surface area contributed by atoms with E-state index < -0.39 is 5.97 Å². The molecular formula is C17H24BrNO3. The Balaban J connectivity index is 2.41. The van der Waals surface area contributed by atoms with Crippen LogP contribution in [0.4, 0.5) is 5.69 Å². The van der Waals surface area contributed by atoms with Crippen LogP contribution in [0.5, 0.6) is 0 Å². The van der Waals surface area contributed by atoms with E-state index in [1.165, 1.54) is 0 Å². The van der Waals surface area contributed by atoms with Crippen LogP contribution >= 0.6 is 15.9 Å². The average Bonchev–Trinajstić information content (AvgIpc) is 2.41. The lowest BCUT2D eigenvalue weighted by molar-refractivity contribution is -0.0376. The summed E-state index contributed by atoms with van der Waals surface area (Å²) < 4.78 is 6.64. The Morgan fingerprint density at radius 3 is 2.45 bits per heavy atom. The highest BCUT2D eigenvalue weighted by atomic mass is 79.9. The summed E-state index contributed by atoms with van der Waals surface area (Å²) in [7, 11) is 0. The first-order valence-corrected chi connectivity index (χ1v) is 8.58. The smallest absolute Gasteiger partial charge is 0.336 e. The molecule has 1 heterocycles. The zero-order chi connectivity index (χ0) is 16.4. The summed E-state index contributed by atoms with van der Waals surface area (Å²) in [5.41, 5.74) is 2.18. The number of aromatic carboxylic acids is 1. The maximum Gasteiger partial charge on any atom is 0.336 e. The van der Waals surface area contributed by atoms with Gasteiger partial charge in [0.1, 0.15) is 0 Å². The van der Waals surface area contributed by atoms with Crippen molar-refractivity contribution in [1.29, 1.82) is 0 Å². The fourth-order valence-corrected chi connectivity index (χ4v) is 3.88. The standard InChI is InChI=1S/C17H24BrNO3/c1-5-19(14-6-10(2)22-11(3)7-14)16-9-13(18)8-15(12(16)4)17(20)21/h8-11,14H,5-7H2,1-4H3,(H,20,21). The number of nitrogens with zero attached hydrogens (tertiary/aromatic N) is 1. The van der Waals surface area contributed by atoms with Crippen LogP contribution in [0.25, 0.3) is 0 Å². The first-order chi connectivity index (χ1) is 10.3. The third-order valence-corrected chi connectivity index (χ3v) is 4.80. The highest BCUT2D eigenvalue weighted by molar-refractivity contribution is 9.10. The molecule has 1 N–H and O–H groups in total. The van der Waals surface area contributed by atoms with Gasteiger partial charge in [0.15, 0.2) is 0 Å². The largest absolute Gasteiger partial charge is 0.478 e. The Morgan fingerprint density at radius 1 is 1.36 bits per heavy atom. The molecule has 1 aliphatic rings. The van der Waals surface area contributed by atoms with Gasteiger partial charge in [-0.2, -0.15) is 0 Å². The minimum Gasteiger partial charge on any atom is -0.478 e. The molecule has 1 fully saturated rings. The molecular weight excluding hydrogens is 346 g/mol. The quantitative estimate of drug-likeness (QED) is 0.862. The van der Waals surface area contributed by atoms with Crippen molar-refractivity contribution in [1.82, 2.24) is 0 Å². The SMILES string of the molecule is CCN(c1cc(Br)cc(C(=O)O)c1C)C1CC(C)OC(C)C1. The number of carboxylic acid groups (broad SMARTS) is 1. The molecule has 0 radical (unpaired) electrons. The van der Waals surface area contributed by atoms with E-state index in [4.69, 9.17) is 4.74 Å². The van der Waals surface area contributed by atoms with Crippen LogP contribution in [0, 0.1) is 6.92 Å². The maximum atomic E-state index is 11.5. The van der Waals surface area contributed by atoms with Gasteiger partial charge in [0.25, 0.3) is 0 Å². The van der Waals surface area contributed by atoms with Crippen molar-refractivity contribution in [2.75, 3.05) is 11.4 Å². The van der Waals surface area contributed by atoms with Gasteiger partial charge < -0.3 is 14.7 Å². The second-order valence-electron chi connectivity index (χ2n) is 6.07. The zero-order valence-corrected chi connectivity index (χ0v) is 15.2. The second kappa shape index (κ2) is 7.01. The van der Waals surface area contributed by atoms with Crippen LogP contribution in [0.2, 0.25) is 0 Å². The number of benzene rings is 1. The maximum absolute atomic E-state index is 11.5. The second-order valence-corrected chi connectivity index (χ2v) is 6.99. The van der Waals surface area contributed by atoms with Gasteiger partial charge in [-0.15, -0.1) is 0 Å². The van der Waals surface area contributed by atoms with Crippen molar-refractivity contribution in [3.8, 4) is 0 Å².